The average molecular weight is 671 g/mol. The molecule has 47 heavy (non-hydrogen) atoms. The lowest BCUT2D eigenvalue weighted by Gasteiger charge is -2.27. The summed E-state index contributed by atoms with van der Waals surface area (Å²) in [6.45, 7) is 11.3. The maximum atomic E-state index is 11.7. The smallest absolute Gasteiger partial charge is 0.336 e. The minimum Gasteiger partial charge on any atom is -0.481 e. The molecule has 0 spiro atoms. The van der Waals surface area contributed by atoms with Gasteiger partial charge in [0.1, 0.15) is 33.0 Å². The fourth-order valence-corrected chi connectivity index (χ4v) is 4.16. The van der Waals surface area contributed by atoms with Crippen LogP contribution in [0.4, 0.5) is 0 Å². The van der Waals surface area contributed by atoms with Gasteiger partial charge in [-0.05, 0) is 83.1 Å². The quantitative estimate of drug-likeness (QED) is 0.0739. The molecule has 0 bridgehead atoms. The summed E-state index contributed by atoms with van der Waals surface area (Å²) in [4.78, 5) is 76.5. The van der Waals surface area contributed by atoms with Gasteiger partial charge in [-0.3, -0.25) is 14.4 Å². The van der Waals surface area contributed by atoms with Crippen LogP contribution in [0.15, 0.2) is 18.2 Å². The van der Waals surface area contributed by atoms with Crippen LogP contribution in [0.2, 0.25) is 0 Å². The molecule has 266 valence electrons. The molecular formula is C33H50O14. The van der Waals surface area contributed by atoms with Crippen molar-refractivity contribution in [1.29, 1.82) is 0 Å². The highest BCUT2D eigenvalue weighted by Gasteiger charge is 2.31. The average Bonchev–Trinajstić information content (AvgIpc) is 3.04. The SMILES string of the molecule is CCC(C)(C)C(=O)OCCOOCC1CCCCC1C(=O)O.CCC(C)(C)C(=O)OCCOOCc1cc(C(=O)O)ccc1C(=O)O. The number of hydrogen-bond acceptors (Lipinski definition) is 11. The molecule has 3 N–H and O–H groups in total. The summed E-state index contributed by atoms with van der Waals surface area (Å²) >= 11 is 0. The highest BCUT2D eigenvalue weighted by atomic mass is 17.2. The van der Waals surface area contributed by atoms with Crippen LogP contribution in [0.1, 0.15) is 106 Å². The molecule has 0 saturated heterocycles. The van der Waals surface area contributed by atoms with Crippen LogP contribution in [-0.4, -0.2) is 78.2 Å². The van der Waals surface area contributed by atoms with Gasteiger partial charge < -0.3 is 24.8 Å². The summed E-state index contributed by atoms with van der Waals surface area (Å²) in [5.41, 5.74) is -1.04. The molecule has 2 rings (SSSR count). The number of esters is 2. The monoisotopic (exact) mass is 670 g/mol. The molecule has 2 atom stereocenters. The Labute approximate surface area is 275 Å². The van der Waals surface area contributed by atoms with Gasteiger partial charge in [0.05, 0.1) is 34.5 Å². The van der Waals surface area contributed by atoms with Gasteiger partial charge >= 0.3 is 29.8 Å². The molecule has 14 nitrogen and oxygen atoms in total. The number of benzene rings is 1. The molecule has 1 saturated carbocycles. The summed E-state index contributed by atoms with van der Waals surface area (Å²) in [6, 6.07) is 3.60. The molecule has 0 aliphatic heterocycles. The van der Waals surface area contributed by atoms with Gasteiger partial charge in [0.15, 0.2) is 0 Å². The molecular weight excluding hydrogens is 620 g/mol. The first-order chi connectivity index (χ1) is 22.1. The maximum Gasteiger partial charge on any atom is 0.336 e. The van der Waals surface area contributed by atoms with Crippen LogP contribution < -0.4 is 0 Å². The van der Waals surface area contributed by atoms with E-state index in [9.17, 15) is 24.0 Å². The van der Waals surface area contributed by atoms with Gasteiger partial charge in [0, 0.05) is 0 Å². The maximum absolute atomic E-state index is 11.7. The highest BCUT2D eigenvalue weighted by Crippen LogP contribution is 2.30. The third-order valence-electron chi connectivity index (χ3n) is 8.14. The Bertz CT molecular complexity index is 1180. The van der Waals surface area contributed by atoms with Crippen molar-refractivity contribution < 1.29 is 68.3 Å². The number of aromatic carboxylic acids is 2. The van der Waals surface area contributed by atoms with E-state index in [-0.39, 0.29) is 80.1 Å². The Kier molecular flexibility index (Phi) is 18.2. The molecule has 1 fully saturated rings. The zero-order chi connectivity index (χ0) is 35.6. The topological polar surface area (TPSA) is 201 Å². The summed E-state index contributed by atoms with van der Waals surface area (Å²) < 4.78 is 10.2. The van der Waals surface area contributed by atoms with E-state index in [0.29, 0.717) is 19.3 Å². The van der Waals surface area contributed by atoms with Gasteiger partial charge in [0.25, 0.3) is 0 Å². The van der Waals surface area contributed by atoms with Crippen molar-refractivity contribution in [2.45, 2.75) is 86.7 Å². The van der Waals surface area contributed by atoms with Crippen molar-refractivity contribution in [3.05, 3.63) is 34.9 Å². The number of aliphatic carboxylic acids is 1. The number of hydrogen-bond donors (Lipinski definition) is 3. The van der Waals surface area contributed by atoms with E-state index in [1.807, 2.05) is 27.7 Å². The van der Waals surface area contributed by atoms with Crippen LogP contribution in [0.25, 0.3) is 0 Å². The molecule has 1 aliphatic carbocycles. The van der Waals surface area contributed by atoms with Crippen molar-refractivity contribution >= 4 is 29.8 Å². The number of carbonyl (C=O) groups is 5. The molecule has 1 aromatic carbocycles. The molecule has 0 aromatic heterocycles. The van der Waals surface area contributed by atoms with Crippen molar-refractivity contribution in [3.63, 3.8) is 0 Å². The molecule has 1 aliphatic rings. The van der Waals surface area contributed by atoms with E-state index in [1.165, 1.54) is 18.2 Å². The summed E-state index contributed by atoms with van der Waals surface area (Å²) in [5, 5.41) is 27.2. The first kappa shape index (κ1) is 41.4. The minimum atomic E-state index is -1.20. The lowest BCUT2D eigenvalue weighted by atomic mass is 9.80. The largest absolute Gasteiger partial charge is 0.481 e. The Morgan fingerprint density at radius 3 is 1.74 bits per heavy atom. The van der Waals surface area contributed by atoms with Gasteiger partial charge in [-0.2, -0.15) is 0 Å². The normalized spacial score (nSPS) is 16.4. The van der Waals surface area contributed by atoms with Gasteiger partial charge in [-0.25, -0.2) is 29.1 Å². The number of carboxylic acids is 3. The second-order valence-electron chi connectivity index (χ2n) is 12.4. The van der Waals surface area contributed by atoms with Crippen molar-refractivity contribution in [2.75, 3.05) is 33.0 Å². The Hall–Kier alpha value is -3.59. The number of carboxylic acid groups (broad SMARTS) is 3. The van der Waals surface area contributed by atoms with E-state index in [0.717, 1.165) is 19.3 Å². The highest BCUT2D eigenvalue weighted by molar-refractivity contribution is 5.93. The second-order valence-corrected chi connectivity index (χ2v) is 12.4. The predicted octanol–water partition coefficient (Wildman–Crippen LogP) is 5.32. The zero-order valence-corrected chi connectivity index (χ0v) is 28.2. The number of ether oxygens (including phenoxy) is 2. The van der Waals surface area contributed by atoms with Gasteiger partial charge in [-0.15, -0.1) is 0 Å². The predicted molar refractivity (Wildman–Crippen MR) is 166 cm³/mol. The summed E-state index contributed by atoms with van der Waals surface area (Å²) in [5.74, 6) is -4.09. The van der Waals surface area contributed by atoms with E-state index >= 15 is 0 Å². The van der Waals surface area contributed by atoms with E-state index in [4.69, 9.17) is 44.3 Å². The lowest BCUT2D eigenvalue weighted by molar-refractivity contribution is -0.307. The van der Waals surface area contributed by atoms with Gasteiger partial charge in [0.2, 0.25) is 0 Å². The van der Waals surface area contributed by atoms with Crippen LogP contribution in [0.3, 0.4) is 0 Å². The summed E-state index contributed by atoms with van der Waals surface area (Å²) in [6.07, 6.45) is 4.88. The second kappa shape index (κ2) is 20.6. The zero-order valence-electron chi connectivity index (χ0n) is 28.2. The summed E-state index contributed by atoms with van der Waals surface area (Å²) in [7, 11) is 0. The van der Waals surface area contributed by atoms with E-state index in [2.05, 4.69) is 0 Å². The number of rotatable bonds is 19. The first-order valence-corrected chi connectivity index (χ1v) is 15.7. The van der Waals surface area contributed by atoms with Crippen LogP contribution in [0.5, 0.6) is 0 Å². The fourth-order valence-electron chi connectivity index (χ4n) is 4.16. The van der Waals surface area contributed by atoms with Crippen molar-refractivity contribution in [3.8, 4) is 0 Å². The molecule has 2 unspecified atom stereocenters. The van der Waals surface area contributed by atoms with Crippen molar-refractivity contribution in [1.82, 2.24) is 0 Å². The molecule has 0 radical (unpaired) electrons. The molecule has 0 amide bonds. The van der Waals surface area contributed by atoms with E-state index in [1.54, 1.807) is 13.8 Å². The standard InChI is InChI=1S/C17H22O8.C16H28O6/c1-4-17(2,3)16(22)23-7-8-24-25-10-12-9-11(14(18)19)5-6-13(12)15(20)21;1-4-16(2,3)15(19)20-9-10-21-22-11-12-7-5-6-8-13(12)14(17)18/h5-6,9H,4,7-8,10H2,1-3H3,(H,18,19)(H,20,21);12-13H,4-11H2,1-3H3,(H,17,18). The molecule has 0 heterocycles. The number of carbonyl (C=O) groups excluding carboxylic acids is 2. The Balaban J connectivity index is 0.000000474. The van der Waals surface area contributed by atoms with E-state index < -0.39 is 28.7 Å². The Morgan fingerprint density at radius 2 is 1.26 bits per heavy atom. The van der Waals surface area contributed by atoms with Gasteiger partial charge in [-0.1, -0.05) is 26.7 Å². The minimum absolute atomic E-state index is 0.00664. The molecule has 1 aromatic rings. The van der Waals surface area contributed by atoms with Crippen LogP contribution in [-0.2, 0) is 50.0 Å². The lowest BCUT2D eigenvalue weighted by Crippen LogP contribution is -2.30. The third kappa shape index (κ3) is 14.8. The fraction of sp³-hybridized carbons (Fsp3) is 0.667. The van der Waals surface area contributed by atoms with Crippen LogP contribution >= 0.6 is 0 Å². The third-order valence-corrected chi connectivity index (χ3v) is 8.14. The van der Waals surface area contributed by atoms with Crippen LogP contribution in [0, 0.1) is 22.7 Å². The molecule has 14 heteroatoms. The van der Waals surface area contributed by atoms with Crippen molar-refractivity contribution in [2.24, 2.45) is 22.7 Å². The Morgan fingerprint density at radius 1 is 0.723 bits per heavy atom. The first-order valence-electron chi connectivity index (χ1n) is 15.7.